The van der Waals surface area contributed by atoms with Crippen LogP contribution in [0.5, 0.6) is 0 Å². The van der Waals surface area contributed by atoms with E-state index in [0.29, 0.717) is 5.56 Å². The van der Waals surface area contributed by atoms with E-state index in [2.05, 4.69) is 108 Å². The topological polar surface area (TPSA) is 43.5 Å². The van der Waals surface area contributed by atoms with Crippen molar-refractivity contribution in [2.75, 3.05) is 11.9 Å². The molecule has 186 valence electrons. The number of anilines is 3. The summed E-state index contributed by atoms with van der Waals surface area (Å²) in [7, 11) is 2.04. The average Bonchev–Trinajstić information content (AvgIpc) is 3.09. The highest BCUT2D eigenvalue weighted by Crippen LogP contribution is 2.40. The van der Waals surface area contributed by atoms with Crippen LogP contribution in [0, 0.1) is 0 Å². The minimum absolute atomic E-state index is 0. The minimum atomic E-state index is -0.902. The fraction of sp³-hybridized carbons (Fsp3) is 0.125. The molecule has 5 heteroatoms. The number of halogens is 1. The lowest BCUT2D eigenvalue weighted by Crippen LogP contribution is -3.00. The lowest BCUT2D eigenvalue weighted by molar-refractivity contribution is -0.401. The third-order valence-corrected chi connectivity index (χ3v) is 6.89. The van der Waals surface area contributed by atoms with Gasteiger partial charge in [0.15, 0.2) is 5.71 Å². The number of aromatic carboxylic acids is 1. The number of hydrogen-bond acceptors (Lipinski definition) is 2. The van der Waals surface area contributed by atoms with Crippen LogP contribution in [0.1, 0.15) is 35.3 Å². The fourth-order valence-electron chi connectivity index (χ4n) is 4.98. The van der Waals surface area contributed by atoms with Gasteiger partial charge in [0.2, 0.25) is 5.69 Å². The summed E-state index contributed by atoms with van der Waals surface area (Å²) in [6, 6.07) is 34.6. The molecule has 4 nitrogen and oxygen atoms in total. The molecule has 1 aliphatic heterocycles. The molecule has 4 aromatic carbocycles. The average molecular weight is 601 g/mol. The van der Waals surface area contributed by atoms with Crippen LogP contribution in [-0.4, -0.2) is 28.4 Å². The van der Waals surface area contributed by atoms with Crippen molar-refractivity contribution in [1.29, 1.82) is 0 Å². The van der Waals surface area contributed by atoms with Crippen LogP contribution in [0.4, 0.5) is 22.7 Å². The Balaban J connectivity index is 0.00000320. The second kappa shape index (κ2) is 10.7. The minimum Gasteiger partial charge on any atom is -1.00 e. The first-order valence-corrected chi connectivity index (χ1v) is 12.0. The molecular weight excluding hydrogens is 571 g/mol. The molecule has 0 saturated carbocycles. The first kappa shape index (κ1) is 26.4. The van der Waals surface area contributed by atoms with Gasteiger partial charge in [0.25, 0.3) is 0 Å². The van der Waals surface area contributed by atoms with E-state index in [4.69, 9.17) is 0 Å². The van der Waals surface area contributed by atoms with Crippen LogP contribution in [0.15, 0.2) is 109 Å². The number of fused-ring (bicyclic) bond motifs is 1. The van der Waals surface area contributed by atoms with Crippen LogP contribution in [0.25, 0.3) is 6.08 Å². The Morgan fingerprint density at radius 1 is 0.784 bits per heavy atom. The largest absolute Gasteiger partial charge is 1.00 e. The molecule has 0 aromatic heterocycles. The van der Waals surface area contributed by atoms with Crippen LogP contribution in [-0.2, 0) is 5.41 Å². The second-order valence-corrected chi connectivity index (χ2v) is 9.54. The highest BCUT2D eigenvalue weighted by Gasteiger charge is 2.43. The highest BCUT2D eigenvalue weighted by atomic mass is 127. The molecule has 0 unspecified atom stereocenters. The molecule has 37 heavy (non-hydrogen) atoms. The van der Waals surface area contributed by atoms with Crippen LogP contribution in [0.3, 0.4) is 0 Å². The first-order chi connectivity index (χ1) is 17.4. The van der Waals surface area contributed by atoms with Crippen molar-refractivity contribution in [3.63, 3.8) is 0 Å². The van der Waals surface area contributed by atoms with Gasteiger partial charge in [-0.05, 0) is 74.0 Å². The van der Waals surface area contributed by atoms with Crippen LogP contribution in [0.2, 0.25) is 0 Å². The SMILES string of the molecule is C[N+]1=C(C=Cc2ccc(N(c3ccccc3)c3ccccc3)cc2)C(C)(C)c2cc(C(=O)O)ccc21.[I-]. The predicted octanol–water partition coefficient (Wildman–Crippen LogP) is 4.58. The molecule has 0 fully saturated rings. The Bertz CT molecular complexity index is 1440. The van der Waals surface area contributed by atoms with E-state index in [-0.39, 0.29) is 29.4 Å². The summed E-state index contributed by atoms with van der Waals surface area (Å²) in [6.45, 7) is 4.28. The van der Waals surface area contributed by atoms with Crippen molar-refractivity contribution in [3.05, 3.63) is 126 Å². The van der Waals surface area contributed by atoms with E-state index in [1.54, 1.807) is 12.1 Å². The summed E-state index contributed by atoms with van der Waals surface area (Å²) in [6.07, 6.45) is 4.26. The van der Waals surface area contributed by atoms with Gasteiger partial charge in [-0.25, -0.2) is 4.79 Å². The van der Waals surface area contributed by atoms with Gasteiger partial charge < -0.3 is 34.0 Å². The Labute approximate surface area is 235 Å². The Hall–Kier alpha value is -3.71. The fourth-order valence-corrected chi connectivity index (χ4v) is 4.98. The van der Waals surface area contributed by atoms with Gasteiger partial charge in [-0.15, -0.1) is 0 Å². The van der Waals surface area contributed by atoms with E-state index >= 15 is 0 Å². The molecule has 0 spiro atoms. The quantitative estimate of drug-likeness (QED) is 0.261. The lowest BCUT2D eigenvalue weighted by Gasteiger charge is -2.25. The smallest absolute Gasteiger partial charge is 0.335 e. The van der Waals surface area contributed by atoms with Crippen molar-refractivity contribution in [2.24, 2.45) is 0 Å². The second-order valence-electron chi connectivity index (χ2n) is 9.54. The maximum Gasteiger partial charge on any atom is 0.335 e. The number of carboxylic acids is 1. The zero-order valence-corrected chi connectivity index (χ0v) is 23.3. The molecule has 0 radical (unpaired) electrons. The van der Waals surface area contributed by atoms with Crippen molar-refractivity contribution in [2.45, 2.75) is 19.3 Å². The number of carbonyl (C=O) groups is 1. The number of allylic oxidation sites excluding steroid dienone is 1. The van der Waals surface area contributed by atoms with Crippen LogP contribution < -0.4 is 28.9 Å². The highest BCUT2D eigenvalue weighted by molar-refractivity contribution is 6.05. The van der Waals surface area contributed by atoms with Crippen molar-refractivity contribution in [1.82, 2.24) is 0 Å². The Morgan fingerprint density at radius 2 is 1.32 bits per heavy atom. The zero-order valence-electron chi connectivity index (χ0n) is 21.1. The molecular formula is C32H29IN2O2. The maximum absolute atomic E-state index is 11.5. The van der Waals surface area contributed by atoms with Gasteiger partial charge >= 0.3 is 5.97 Å². The van der Waals surface area contributed by atoms with E-state index in [1.807, 2.05) is 25.2 Å². The normalized spacial score (nSPS) is 13.8. The molecule has 0 aliphatic carbocycles. The lowest BCUT2D eigenvalue weighted by atomic mass is 9.80. The van der Waals surface area contributed by atoms with E-state index < -0.39 is 5.97 Å². The summed E-state index contributed by atoms with van der Waals surface area (Å²) in [4.78, 5) is 13.7. The summed E-state index contributed by atoms with van der Waals surface area (Å²) < 4.78 is 2.15. The summed E-state index contributed by atoms with van der Waals surface area (Å²) >= 11 is 0. The van der Waals surface area contributed by atoms with Gasteiger partial charge in [0.05, 0.1) is 11.0 Å². The Kier molecular flexibility index (Phi) is 7.64. The molecule has 5 rings (SSSR count). The monoisotopic (exact) mass is 600 g/mol. The van der Waals surface area contributed by atoms with Crippen molar-refractivity contribution >= 4 is 40.5 Å². The number of rotatable bonds is 6. The number of hydrogen-bond donors (Lipinski definition) is 1. The Morgan fingerprint density at radius 3 is 1.86 bits per heavy atom. The number of para-hydroxylation sites is 2. The molecule has 0 bridgehead atoms. The van der Waals surface area contributed by atoms with Gasteiger partial charge in [-0.1, -0.05) is 48.5 Å². The van der Waals surface area contributed by atoms with Crippen molar-refractivity contribution in [3.8, 4) is 0 Å². The summed E-state index contributed by atoms with van der Waals surface area (Å²) in [5.74, 6) is -0.902. The molecule has 1 aliphatic rings. The zero-order chi connectivity index (χ0) is 25.3. The molecule has 4 aromatic rings. The third kappa shape index (κ3) is 5.09. The number of carboxylic acid groups (broad SMARTS) is 1. The third-order valence-electron chi connectivity index (χ3n) is 6.89. The molecule has 0 saturated heterocycles. The summed E-state index contributed by atoms with van der Waals surface area (Å²) in [5.41, 5.74) is 7.61. The molecule has 1 N–H and O–H groups in total. The van der Waals surface area contributed by atoms with Gasteiger partial charge in [0.1, 0.15) is 7.05 Å². The number of nitrogens with zero attached hydrogens (tertiary/aromatic N) is 2. The summed E-state index contributed by atoms with van der Waals surface area (Å²) in [5, 5.41) is 9.44. The van der Waals surface area contributed by atoms with Gasteiger partial charge in [-0.2, -0.15) is 4.58 Å². The standard InChI is InChI=1S/C32H28N2O2.HI/c1-32(2)28-22-24(31(35)36)17-20-29(28)33(3)30(32)21-16-23-14-18-27(19-15-23)34(25-10-6-4-7-11-25)26-12-8-5-9-13-26;/h4-22H,1-3H3;1H. The van der Waals surface area contributed by atoms with E-state index in [0.717, 1.165) is 39.6 Å². The van der Waals surface area contributed by atoms with E-state index in [1.165, 1.54) is 0 Å². The molecule has 1 heterocycles. The van der Waals surface area contributed by atoms with E-state index in [9.17, 15) is 9.90 Å². The maximum atomic E-state index is 11.5. The first-order valence-electron chi connectivity index (χ1n) is 12.0. The van der Waals surface area contributed by atoms with Gasteiger partial charge in [-0.3, -0.25) is 0 Å². The van der Waals surface area contributed by atoms with Gasteiger partial charge in [0, 0.05) is 34.8 Å². The number of benzene rings is 4. The molecule has 0 amide bonds. The van der Waals surface area contributed by atoms with Crippen molar-refractivity contribution < 1.29 is 38.5 Å². The molecule has 0 atom stereocenters. The van der Waals surface area contributed by atoms with Crippen LogP contribution >= 0.6 is 0 Å². The predicted molar refractivity (Wildman–Crippen MR) is 147 cm³/mol.